The molecule has 0 bridgehead atoms. The quantitative estimate of drug-likeness (QED) is 0.611. The highest BCUT2D eigenvalue weighted by molar-refractivity contribution is 4.79. The van der Waals surface area contributed by atoms with Crippen LogP contribution < -0.4 is 5.32 Å². The van der Waals surface area contributed by atoms with Gasteiger partial charge in [0, 0.05) is 6.04 Å². The highest BCUT2D eigenvalue weighted by Gasteiger charge is 1.88. The Hall–Kier alpha value is -0.460. The minimum absolute atomic E-state index is 0.618. The highest BCUT2D eigenvalue weighted by atomic mass is 14.9. The van der Waals surface area contributed by atoms with Crippen molar-refractivity contribution in [3.8, 4) is 0 Å². The summed E-state index contributed by atoms with van der Waals surface area (Å²) in [4.78, 5) is 0. The summed E-state index contributed by atoms with van der Waals surface area (Å²) in [7, 11) is 0. The molecule has 0 heterocycles. The minimum Gasteiger partial charge on any atom is -0.389 e. The summed E-state index contributed by atoms with van der Waals surface area (Å²) in [6.45, 7) is 6.49. The molecule has 1 nitrogen and oxygen atoms in total. The molecule has 1 atom stereocenters. The van der Waals surface area contributed by atoms with E-state index in [9.17, 15) is 0 Å². The third-order valence-electron chi connectivity index (χ3n) is 1.35. The molecule has 1 unspecified atom stereocenters. The number of nitrogens with one attached hydrogen (secondary N) is 1. The van der Waals surface area contributed by atoms with Crippen LogP contribution >= 0.6 is 0 Å². The van der Waals surface area contributed by atoms with E-state index >= 15 is 0 Å². The Morgan fingerprint density at radius 2 is 2.11 bits per heavy atom. The Morgan fingerprint density at radius 3 is 2.56 bits per heavy atom. The molecule has 0 aliphatic heterocycles. The molecule has 0 aromatic rings. The second-order valence-corrected chi connectivity index (χ2v) is 2.29. The fourth-order valence-corrected chi connectivity index (χ4v) is 0.468. The number of hydrogen-bond donors (Lipinski definition) is 1. The molecule has 0 amide bonds. The molecule has 0 spiro atoms. The Balaban J connectivity index is 3.15. The van der Waals surface area contributed by atoms with Crippen LogP contribution in [0.25, 0.3) is 0 Å². The van der Waals surface area contributed by atoms with E-state index < -0.39 is 0 Å². The van der Waals surface area contributed by atoms with Gasteiger partial charge in [-0.2, -0.15) is 0 Å². The van der Waals surface area contributed by atoms with Gasteiger partial charge in [-0.3, -0.25) is 0 Å². The first kappa shape index (κ1) is 8.54. The standard InChI is InChI=1S/C8H17N/c1-4-6-7-9-8(3)5-2/h6-9H,4-5H2,1-3H3/b7-6+. The lowest BCUT2D eigenvalue weighted by atomic mass is 10.3. The molecule has 0 aromatic carbocycles. The normalized spacial score (nSPS) is 14.1. The van der Waals surface area contributed by atoms with Crippen molar-refractivity contribution in [2.75, 3.05) is 0 Å². The van der Waals surface area contributed by atoms with Gasteiger partial charge in [0.1, 0.15) is 0 Å². The maximum Gasteiger partial charge on any atom is 0.0224 e. The smallest absolute Gasteiger partial charge is 0.0224 e. The Labute approximate surface area is 58.2 Å². The minimum atomic E-state index is 0.618. The monoisotopic (exact) mass is 127 g/mol. The molecule has 0 fully saturated rings. The van der Waals surface area contributed by atoms with Gasteiger partial charge in [-0.25, -0.2) is 0 Å². The third kappa shape index (κ3) is 5.41. The zero-order valence-corrected chi connectivity index (χ0v) is 6.65. The summed E-state index contributed by atoms with van der Waals surface area (Å²) in [6.07, 6.45) is 6.47. The van der Waals surface area contributed by atoms with Crippen molar-refractivity contribution in [1.82, 2.24) is 5.32 Å². The van der Waals surface area contributed by atoms with Gasteiger partial charge in [0.05, 0.1) is 0 Å². The lowest BCUT2D eigenvalue weighted by molar-refractivity contribution is 0.618. The SMILES string of the molecule is CC/C=C/NC(C)CC. The van der Waals surface area contributed by atoms with Crippen molar-refractivity contribution in [2.24, 2.45) is 0 Å². The molecular weight excluding hydrogens is 110 g/mol. The van der Waals surface area contributed by atoms with Crippen molar-refractivity contribution in [2.45, 2.75) is 39.7 Å². The summed E-state index contributed by atoms with van der Waals surface area (Å²) < 4.78 is 0. The van der Waals surface area contributed by atoms with Crippen LogP contribution in [-0.2, 0) is 0 Å². The number of allylic oxidation sites excluding steroid dienone is 1. The number of rotatable bonds is 4. The molecule has 0 aromatic heterocycles. The van der Waals surface area contributed by atoms with Crippen LogP contribution in [0.1, 0.15) is 33.6 Å². The molecule has 1 N–H and O–H groups in total. The Bertz CT molecular complexity index is 76.6. The van der Waals surface area contributed by atoms with Gasteiger partial charge >= 0.3 is 0 Å². The van der Waals surface area contributed by atoms with Crippen molar-refractivity contribution in [3.05, 3.63) is 12.3 Å². The van der Waals surface area contributed by atoms with Crippen molar-refractivity contribution in [1.29, 1.82) is 0 Å². The van der Waals surface area contributed by atoms with Gasteiger partial charge in [-0.05, 0) is 26.0 Å². The van der Waals surface area contributed by atoms with Crippen LogP contribution in [0.15, 0.2) is 12.3 Å². The first-order valence-electron chi connectivity index (χ1n) is 3.72. The van der Waals surface area contributed by atoms with Gasteiger partial charge in [-0.1, -0.05) is 19.9 Å². The topological polar surface area (TPSA) is 12.0 Å². The van der Waals surface area contributed by atoms with E-state index in [-0.39, 0.29) is 0 Å². The fourth-order valence-electron chi connectivity index (χ4n) is 0.468. The summed E-state index contributed by atoms with van der Waals surface area (Å²) >= 11 is 0. The second kappa shape index (κ2) is 5.67. The lowest BCUT2D eigenvalue weighted by Gasteiger charge is -2.06. The summed E-state index contributed by atoms with van der Waals surface area (Å²) in [5.74, 6) is 0. The van der Waals surface area contributed by atoms with E-state index in [0.29, 0.717) is 6.04 Å². The van der Waals surface area contributed by atoms with Crippen LogP contribution in [0, 0.1) is 0 Å². The van der Waals surface area contributed by atoms with Crippen LogP contribution in [0.3, 0.4) is 0 Å². The molecule has 0 saturated carbocycles. The van der Waals surface area contributed by atoms with E-state index in [1.807, 2.05) is 6.20 Å². The van der Waals surface area contributed by atoms with Gasteiger partial charge in [0.15, 0.2) is 0 Å². The summed E-state index contributed by atoms with van der Waals surface area (Å²) in [5.41, 5.74) is 0. The predicted octanol–water partition coefficient (Wildman–Crippen LogP) is 2.30. The lowest BCUT2D eigenvalue weighted by Crippen LogP contribution is -2.18. The van der Waals surface area contributed by atoms with Crippen LogP contribution in [0.4, 0.5) is 0 Å². The van der Waals surface area contributed by atoms with Crippen molar-refractivity contribution < 1.29 is 0 Å². The predicted molar refractivity (Wildman–Crippen MR) is 42.3 cm³/mol. The van der Waals surface area contributed by atoms with E-state index in [0.717, 1.165) is 6.42 Å². The van der Waals surface area contributed by atoms with Gasteiger partial charge in [0.2, 0.25) is 0 Å². The molecule has 0 aliphatic carbocycles. The first-order valence-corrected chi connectivity index (χ1v) is 3.72. The number of hydrogen-bond acceptors (Lipinski definition) is 1. The fraction of sp³-hybridized carbons (Fsp3) is 0.750. The van der Waals surface area contributed by atoms with Crippen LogP contribution in [0.2, 0.25) is 0 Å². The maximum absolute atomic E-state index is 3.25. The summed E-state index contributed by atoms with van der Waals surface area (Å²) in [5, 5.41) is 3.25. The molecule has 54 valence electrons. The largest absolute Gasteiger partial charge is 0.389 e. The van der Waals surface area contributed by atoms with Crippen molar-refractivity contribution in [3.63, 3.8) is 0 Å². The van der Waals surface area contributed by atoms with Crippen LogP contribution in [0.5, 0.6) is 0 Å². The van der Waals surface area contributed by atoms with E-state index in [1.165, 1.54) is 6.42 Å². The average molecular weight is 127 g/mol. The zero-order valence-electron chi connectivity index (χ0n) is 6.65. The van der Waals surface area contributed by atoms with Gasteiger partial charge in [0.25, 0.3) is 0 Å². The molecule has 1 heteroatoms. The van der Waals surface area contributed by atoms with E-state index in [1.54, 1.807) is 0 Å². The molecule has 9 heavy (non-hydrogen) atoms. The van der Waals surface area contributed by atoms with E-state index in [4.69, 9.17) is 0 Å². The van der Waals surface area contributed by atoms with Crippen molar-refractivity contribution >= 4 is 0 Å². The highest BCUT2D eigenvalue weighted by Crippen LogP contribution is 1.87. The van der Waals surface area contributed by atoms with Crippen LogP contribution in [-0.4, -0.2) is 6.04 Å². The summed E-state index contributed by atoms with van der Waals surface area (Å²) in [6, 6.07) is 0.618. The Morgan fingerprint density at radius 1 is 1.44 bits per heavy atom. The Kier molecular flexibility index (Phi) is 5.38. The molecule has 0 radical (unpaired) electrons. The molecule has 0 saturated heterocycles. The third-order valence-corrected chi connectivity index (χ3v) is 1.35. The molecule has 0 rings (SSSR count). The maximum atomic E-state index is 3.25. The van der Waals surface area contributed by atoms with E-state index in [2.05, 4.69) is 32.2 Å². The molecule has 0 aliphatic rings. The van der Waals surface area contributed by atoms with Gasteiger partial charge in [-0.15, -0.1) is 0 Å². The molecular formula is C8H17N. The van der Waals surface area contributed by atoms with Gasteiger partial charge < -0.3 is 5.32 Å². The second-order valence-electron chi connectivity index (χ2n) is 2.29. The zero-order chi connectivity index (χ0) is 7.11. The average Bonchev–Trinajstić information content (AvgIpc) is 1.89. The first-order chi connectivity index (χ1) is 4.31.